The third-order valence-corrected chi connectivity index (χ3v) is 2.56. The van der Waals surface area contributed by atoms with E-state index in [-0.39, 0.29) is 0 Å². The molecule has 0 aliphatic carbocycles. The molecular formula is C14H8N4O. The molecule has 0 radical (unpaired) electrons. The topological polar surface area (TPSA) is 75.6 Å². The molecule has 5 nitrogen and oxygen atoms in total. The summed E-state index contributed by atoms with van der Waals surface area (Å²) < 4.78 is 5.29. The van der Waals surface area contributed by atoms with Gasteiger partial charge in [0.1, 0.15) is 17.5 Å². The van der Waals surface area contributed by atoms with Crippen molar-refractivity contribution in [2.24, 2.45) is 0 Å². The van der Waals surface area contributed by atoms with Gasteiger partial charge in [-0.2, -0.15) is 5.26 Å². The number of nitriles is 1. The lowest BCUT2D eigenvalue weighted by Crippen LogP contribution is -1.96. The number of pyridine rings is 1. The Morgan fingerprint density at radius 3 is 2.74 bits per heavy atom. The van der Waals surface area contributed by atoms with E-state index in [2.05, 4.69) is 21.0 Å². The molecule has 0 atom stereocenters. The van der Waals surface area contributed by atoms with Crippen LogP contribution in [0.5, 0.6) is 0 Å². The van der Waals surface area contributed by atoms with Crippen LogP contribution in [0.4, 0.5) is 0 Å². The standard InChI is InChI=1S/C14H8N4O/c15-8-10-9-17-14(11-4-1-2-6-16-11)18-13(10)12-5-3-7-19-12/h1-7,9H. The van der Waals surface area contributed by atoms with Gasteiger partial charge in [-0.15, -0.1) is 0 Å². The lowest BCUT2D eigenvalue weighted by atomic mass is 10.2. The summed E-state index contributed by atoms with van der Waals surface area (Å²) in [7, 11) is 0. The summed E-state index contributed by atoms with van der Waals surface area (Å²) >= 11 is 0. The summed E-state index contributed by atoms with van der Waals surface area (Å²) in [4.78, 5) is 12.7. The average Bonchev–Trinajstić information content (AvgIpc) is 3.01. The van der Waals surface area contributed by atoms with Crippen molar-refractivity contribution in [2.45, 2.75) is 0 Å². The second-order valence-electron chi connectivity index (χ2n) is 3.76. The number of rotatable bonds is 2. The van der Waals surface area contributed by atoms with Gasteiger partial charge < -0.3 is 4.42 Å². The molecule has 0 fully saturated rings. The second kappa shape index (κ2) is 4.70. The van der Waals surface area contributed by atoms with E-state index in [1.807, 2.05) is 18.2 Å². The Morgan fingerprint density at radius 1 is 1.11 bits per heavy atom. The largest absolute Gasteiger partial charge is 0.463 e. The van der Waals surface area contributed by atoms with E-state index in [4.69, 9.17) is 9.68 Å². The Balaban J connectivity index is 2.16. The van der Waals surface area contributed by atoms with Crippen molar-refractivity contribution >= 4 is 0 Å². The fraction of sp³-hybridized carbons (Fsp3) is 0. The van der Waals surface area contributed by atoms with Crippen molar-refractivity contribution < 1.29 is 4.42 Å². The van der Waals surface area contributed by atoms with E-state index < -0.39 is 0 Å². The lowest BCUT2D eigenvalue weighted by molar-refractivity contribution is 0.579. The monoisotopic (exact) mass is 248 g/mol. The zero-order valence-electron chi connectivity index (χ0n) is 9.82. The molecule has 0 unspecified atom stereocenters. The van der Waals surface area contributed by atoms with Gasteiger partial charge in [0.15, 0.2) is 11.6 Å². The third-order valence-electron chi connectivity index (χ3n) is 2.56. The summed E-state index contributed by atoms with van der Waals surface area (Å²) in [5.74, 6) is 1.00. The molecule has 90 valence electrons. The normalized spacial score (nSPS) is 10.1. The SMILES string of the molecule is N#Cc1cnc(-c2ccccn2)nc1-c1ccco1. The first-order valence-electron chi connectivity index (χ1n) is 5.61. The van der Waals surface area contributed by atoms with Gasteiger partial charge in [-0.05, 0) is 24.3 Å². The third kappa shape index (κ3) is 2.07. The van der Waals surface area contributed by atoms with Gasteiger partial charge in [0.05, 0.1) is 11.8 Å². The minimum atomic E-state index is 0.370. The average molecular weight is 248 g/mol. The molecule has 3 aromatic rings. The smallest absolute Gasteiger partial charge is 0.178 e. The van der Waals surface area contributed by atoms with Crippen molar-refractivity contribution in [1.82, 2.24) is 15.0 Å². The van der Waals surface area contributed by atoms with E-state index in [0.717, 1.165) is 0 Å². The van der Waals surface area contributed by atoms with Crippen LogP contribution >= 0.6 is 0 Å². The van der Waals surface area contributed by atoms with Crippen molar-refractivity contribution in [2.75, 3.05) is 0 Å². The molecule has 0 saturated carbocycles. The fourth-order valence-corrected chi connectivity index (χ4v) is 1.68. The zero-order chi connectivity index (χ0) is 13.1. The van der Waals surface area contributed by atoms with Crippen LogP contribution in [0.25, 0.3) is 23.0 Å². The minimum Gasteiger partial charge on any atom is -0.463 e. The Hall–Kier alpha value is -3.00. The van der Waals surface area contributed by atoms with E-state index >= 15 is 0 Å². The highest BCUT2D eigenvalue weighted by molar-refractivity contribution is 5.64. The maximum atomic E-state index is 9.09. The molecule has 0 aliphatic heterocycles. The van der Waals surface area contributed by atoms with E-state index in [9.17, 15) is 0 Å². The van der Waals surface area contributed by atoms with Crippen molar-refractivity contribution in [3.05, 3.63) is 54.6 Å². The first kappa shape index (κ1) is 11.1. The molecule has 19 heavy (non-hydrogen) atoms. The van der Waals surface area contributed by atoms with Crippen LogP contribution in [0.1, 0.15) is 5.56 Å². The van der Waals surface area contributed by atoms with Gasteiger partial charge in [0.25, 0.3) is 0 Å². The minimum absolute atomic E-state index is 0.370. The molecule has 0 saturated heterocycles. The second-order valence-corrected chi connectivity index (χ2v) is 3.76. The van der Waals surface area contributed by atoms with Gasteiger partial charge in [-0.3, -0.25) is 4.98 Å². The first-order valence-corrected chi connectivity index (χ1v) is 5.61. The molecule has 5 heteroatoms. The number of hydrogen-bond donors (Lipinski definition) is 0. The van der Waals surface area contributed by atoms with Crippen LogP contribution in [-0.2, 0) is 0 Å². The molecule has 3 rings (SSSR count). The Morgan fingerprint density at radius 2 is 2.05 bits per heavy atom. The maximum absolute atomic E-state index is 9.09. The summed E-state index contributed by atoms with van der Waals surface area (Å²) in [5, 5.41) is 9.09. The number of furan rings is 1. The number of hydrogen-bond acceptors (Lipinski definition) is 5. The van der Waals surface area contributed by atoms with Crippen LogP contribution in [0.15, 0.2) is 53.4 Å². The Labute approximate surface area is 109 Å². The molecule has 3 heterocycles. The summed E-state index contributed by atoms with van der Waals surface area (Å²) in [6, 6.07) is 11.1. The van der Waals surface area contributed by atoms with Crippen LogP contribution in [-0.4, -0.2) is 15.0 Å². The van der Waals surface area contributed by atoms with Crippen LogP contribution in [0.3, 0.4) is 0 Å². The van der Waals surface area contributed by atoms with Crippen LogP contribution < -0.4 is 0 Å². The molecule has 0 bridgehead atoms. The van der Waals surface area contributed by atoms with Crippen molar-refractivity contribution in [1.29, 1.82) is 5.26 Å². The summed E-state index contributed by atoms with van der Waals surface area (Å²) in [6.45, 7) is 0. The van der Waals surface area contributed by atoms with E-state index in [1.54, 1.807) is 24.6 Å². The molecule has 0 aromatic carbocycles. The number of nitrogens with zero attached hydrogens (tertiary/aromatic N) is 4. The molecule has 0 aliphatic rings. The predicted octanol–water partition coefficient (Wildman–Crippen LogP) is 2.67. The fourth-order valence-electron chi connectivity index (χ4n) is 1.68. The van der Waals surface area contributed by atoms with Gasteiger partial charge in [0.2, 0.25) is 0 Å². The first-order chi connectivity index (χ1) is 9.38. The number of aromatic nitrogens is 3. The van der Waals surface area contributed by atoms with Crippen LogP contribution in [0.2, 0.25) is 0 Å². The molecule has 0 spiro atoms. The molecular weight excluding hydrogens is 240 g/mol. The lowest BCUT2D eigenvalue weighted by Gasteiger charge is -2.03. The van der Waals surface area contributed by atoms with Gasteiger partial charge >= 0.3 is 0 Å². The van der Waals surface area contributed by atoms with E-state index in [0.29, 0.717) is 28.5 Å². The van der Waals surface area contributed by atoms with Gasteiger partial charge in [0, 0.05) is 12.4 Å². The van der Waals surface area contributed by atoms with Crippen molar-refractivity contribution in [3.63, 3.8) is 0 Å². The quantitative estimate of drug-likeness (QED) is 0.696. The molecule has 0 N–H and O–H groups in total. The van der Waals surface area contributed by atoms with Crippen LogP contribution in [0, 0.1) is 11.3 Å². The Kier molecular flexibility index (Phi) is 2.75. The summed E-state index contributed by atoms with van der Waals surface area (Å²) in [6.07, 6.45) is 4.69. The van der Waals surface area contributed by atoms with E-state index in [1.165, 1.54) is 6.20 Å². The Bertz CT molecular complexity index is 730. The highest BCUT2D eigenvalue weighted by Gasteiger charge is 2.13. The zero-order valence-corrected chi connectivity index (χ0v) is 9.82. The molecule has 0 amide bonds. The van der Waals surface area contributed by atoms with Gasteiger partial charge in [-0.1, -0.05) is 6.07 Å². The highest BCUT2D eigenvalue weighted by Crippen LogP contribution is 2.23. The molecule has 3 aromatic heterocycles. The highest BCUT2D eigenvalue weighted by atomic mass is 16.3. The van der Waals surface area contributed by atoms with Crippen molar-refractivity contribution in [3.8, 4) is 29.0 Å². The predicted molar refractivity (Wildman–Crippen MR) is 67.7 cm³/mol. The summed E-state index contributed by atoms with van der Waals surface area (Å²) in [5.41, 5.74) is 1.50. The van der Waals surface area contributed by atoms with Gasteiger partial charge in [-0.25, -0.2) is 9.97 Å². The maximum Gasteiger partial charge on any atom is 0.178 e.